The number of alkyl halides is 1. The molecule has 0 aliphatic heterocycles. The van der Waals surface area contributed by atoms with Gasteiger partial charge >= 0.3 is 0 Å². The highest BCUT2D eigenvalue weighted by molar-refractivity contribution is 6.17. The van der Waals surface area contributed by atoms with Crippen LogP contribution in [0.5, 0.6) is 0 Å². The van der Waals surface area contributed by atoms with Crippen LogP contribution in [0.15, 0.2) is 28.9 Å². The lowest BCUT2D eigenvalue weighted by molar-refractivity contribution is 0.420. The fourth-order valence-electron chi connectivity index (χ4n) is 1.33. The first-order chi connectivity index (χ1) is 7.90. The lowest BCUT2D eigenvalue weighted by Gasteiger charge is -1.91. The molecule has 0 radical (unpaired) electrons. The number of hydrogen-bond donors (Lipinski definition) is 0. The molecule has 2 rings (SSSR count). The van der Waals surface area contributed by atoms with Gasteiger partial charge in [-0.25, -0.2) is 0 Å². The number of rotatable bonds is 5. The Kier molecular flexibility index (Phi) is 3.88. The van der Waals surface area contributed by atoms with Crippen LogP contribution in [0, 0.1) is 0 Å². The van der Waals surface area contributed by atoms with Crippen LogP contribution >= 0.6 is 11.6 Å². The molecule has 0 aliphatic rings. The van der Waals surface area contributed by atoms with Gasteiger partial charge < -0.3 is 4.52 Å². The predicted octanol–water partition coefficient (Wildman–Crippen LogP) is 2.69. The molecule has 0 amide bonds. The third-order valence-corrected chi connectivity index (χ3v) is 2.40. The third-order valence-electron chi connectivity index (χ3n) is 2.14. The van der Waals surface area contributed by atoms with Crippen molar-refractivity contribution in [1.82, 2.24) is 15.1 Å². The molecule has 0 N–H and O–H groups in total. The summed E-state index contributed by atoms with van der Waals surface area (Å²) in [5.74, 6) is 1.86. The normalized spacial score (nSPS) is 10.6. The minimum atomic E-state index is 0.474. The van der Waals surface area contributed by atoms with E-state index >= 15 is 0 Å². The highest BCUT2D eigenvalue weighted by Crippen LogP contribution is 2.14. The molecule has 0 saturated carbocycles. The van der Waals surface area contributed by atoms with Crippen LogP contribution in [0.3, 0.4) is 0 Å². The van der Waals surface area contributed by atoms with Crippen LogP contribution in [-0.2, 0) is 6.42 Å². The summed E-state index contributed by atoms with van der Waals surface area (Å²) < 4.78 is 5.12. The second-order valence-corrected chi connectivity index (χ2v) is 3.75. The van der Waals surface area contributed by atoms with Crippen LogP contribution in [-0.4, -0.2) is 21.0 Å². The molecule has 0 saturated heterocycles. The molecule has 0 unspecified atom stereocenters. The topological polar surface area (TPSA) is 51.8 Å². The number of hydrogen-bond acceptors (Lipinski definition) is 4. The zero-order chi connectivity index (χ0) is 11.2. The number of pyridine rings is 1. The molecule has 84 valence electrons. The predicted molar refractivity (Wildman–Crippen MR) is 61.2 cm³/mol. The summed E-state index contributed by atoms with van der Waals surface area (Å²) >= 11 is 5.59. The lowest BCUT2D eigenvalue weighted by Crippen LogP contribution is -1.89. The number of nitrogens with zero attached hydrogens (tertiary/aromatic N) is 3. The molecule has 0 aromatic carbocycles. The van der Waals surface area contributed by atoms with Crippen molar-refractivity contribution in [1.29, 1.82) is 0 Å². The molecule has 5 heteroatoms. The summed E-state index contributed by atoms with van der Waals surface area (Å²) in [7, 11) is 0. The van der Waals surface area contributed by atoms with Gasteiger partial charge in [0.25, 0.3) is 5.89 Å². The maximum Gasteiger partial charge on any atom is 0.276 e. The molecule has 16 heavy (non-hydrogen) atoms. The molecule has 2 aromatic heterocycles. The zero-order valence-corrected chi connectivity index (χ0v) is 9.52. The quantitative estimate of drug-likeness (QED) is 0.593. The smallest absolute Gasteiger partial charge is 0.276 e. The summed E-state index contributed by atoms with van der Waals surface area (Å²) in [5, 5.41) is 3.90. The summed E-state index contributed by atoms with van der Waals surface area (Å²) in [4.78, 5) is 8.41. The van der Waals surface area contributed by atoms with E-state index in [0.29, 0.717) is 23.3 Å². The van der Waals surface area contributed by atoms with Gasteiger partial charge in [-0.15, -0.1) is 11.6 Å². The van der Waals surface area contributed by atoms with Crippen molar-refractivity contribution < 1.29 is 4.52 Å². The van der Waals surface area contributed by atoms with E-state index in [-0.39, 0.29) is 0 Å². The Balaban J connectivity index is 2.02. The SMILES string of the molecule is ClCCCCc1noc(-c2ccccn2)n1. The van der Waals surface area contributed by atoms with Crippen molar-refractivity contribution in [3.63, 3.8) is 0 Å². The van der Waals surface area contributed by atoms with Gasteiger partial charge in [-0.2, -0.15) is 4.98 Å². The van der Waals surface area contributed by atoms with Gasteiger partial charge in [0.1, 0.15) is 5.69 Å². The minimum absolute atomic E-state index is 0.474. The second-order valence-electron chi connectivity index (χ2n) is 3.38. The van der Waals surface area contributed by atoms with E-state index in [4.69, 9.17) is 16.1 Å². The number of aromatic nitrogens is 3. The van der Waals surface area contributed by atoms with Crippen LogP contribution in [0.2, 0.25) is 0 Å². The van der Waals surface area contributed by atoms with E-state index in [2.05, 4.69) is 15.1 Å². The van der Waals surface area contributed by atoms with Gasteiger partial charge in [-0.3, -0.25) is 4.98 Å². The van der Waals surface area contributed by atoms with Crippen molar-refractivity contribution in [3.05, 3.63) is 30.2 Å². The third kappa shape index (κ3) is 2.79. The Morgan fingerprint density at radius 2 is 2.19 bits per heavy atom. The van der Waals surface area contributed by atoms with Gasteiger partial charge in [0.2, 0.25) is 0 Å². The van der Waals surface area contributed by atoms with Crippen molar-refractivity contribution in [2.75, 3.05) is 5.88 Å². The molecule has 0 atom stereocenters. The van der Waals surface area contributed by atoms with E-state index in [1.807, 2.05) is 18.2 Å². The number of unbranched alkanes of at least 4 members (excludes halogenated alkanes) is 1. The van der Waals surface area contributed by atoms with E-state index in [9.17, 15) is 0 Å². The first-order valence-electron chi connectivity index (χ1n) is 5.20. The van der Waals surface area contributed by atoms with Crippen molar-refractivity contribution in [2.45, 2.75) is 19.3 Å². The first kappa shape index (κ1) is 11.1. The maximum absolute atomic E-state index is 5.59. The van der Waals surface area contributed by atoms with Crippen molar-refractivity contribution >= 4 is 11.6 Å². The summed E-state index contributed by atoms with van der Waals surface area (Å²) in [6, 6.07) is 5.58. The Morgan fingerprint density at radius 3 is 2.94 bits per heavy atom. The van der Waals surface area contributed by atoms with Crippen molar-refractivity contribution in [3.8, 4) is 11.6 Å². The van der Waals surface area contributed by atoms with E-state index < -0.39 is 0 Å². The molecule has 0 spiro atoms. The Bertz CT molecular complexity index is 430. The first-order valence-corrected chi connectivity index (χ1v) is 5.73. The van der Waals surface area contributed by atoms with E-state index in [1.165, 1.54) is 0 Å². The van der Waals surface area contributed by atoms with Crippen LogP contribution in [0.1, 0.15) is 18.7 Å². The fraction of sp³-hybridized carbons (Fsp3) is 0.364. The van der Waals surface area contributed by atoms with Crippen LogP contribution in [0.4, 0.5) is 0 Å². The van der Waals surface area contributed by atoms with Gasteiger partial charge in [0.05, 0.1) is 0 Å². The summed E-state index contributed by atoms with van der Waals surface area (Å²) in [6.45, 7) is 0. The van der Waals surface area contributed by atoms with Gasteiger partial charge in [0.15, 0.2) is 5.82 Å². The van der Waals surface area contributed by atoms with Gasteiger partial charge in [-0.05, 0) is 25.0 Å². The molecule has 0 bridgehead atoms. The van der Waals surface area contributed by atoms with E-state index in [1.54, 1.807) is 6.20 Å². The Morgan fingerprint density at radius 1 is 1.25 bits per heavy atom. The number of halogens is 1. The van der Waals surface area contributed by atoms with Crippen molar-refractivity contribution in [2.24, 2.45) is 0 Å². The second kappa shape index (κ2) is 5.61. The largest absolute Gasteiger partial charge is 0.332 e. The number of aryl methyl sites for hydroxylation is 1. The Hall–Kier alpha value is -1.42. The molecule has 0 aliphatic carbocycles. The molecule has 2 heterocycles. The summed E-state index contributed by atoms with van der Waals surface area (Å²) in [6.07, 6.45) is 4.44. The molecule has 2 aromatic rings. The van der Waals surface area contributed by atoms with Gasteiger partial charge in [0, 0.05) is 18.5 Å². The molecular formula is C11H12ClN3O. The fourth-order valence-corrected chi connectivity index (χ4v) is 1.52. The monoisotopic (exact) mass is 237 g/mol. The lowest BCUT2D eigenvalue weighted by atomic mass is 10.2. The molecule has 4 nitrogen and oxygen atoms in total. The molecule has 0 fully saturated rings. The average molecular weight is 238 g/mol. The zero-order valence-electron chi connectivity index (χ0n) is 8.77. The maximum atomic E-state index is 5.59. The standard InChI is InChI=1S/C11H12ClN3O/c12-7-3-1-6-10-14-11(16-15-10)9-5-2-4-8-13-9/h2,4-5,8H,1,3,6-7H2. The molecular weight excluding hydrogens is 226 g/mol. The average Bonchev–Trinajstić information content (AvgIpc) is 2.79. The van der Waals surface area contributed by atoms with Crippen LogP contribution < -0.4 is 0 Å². The summed E-state index contributed by atoms with van der Waals surface area (Å²) in [5.41, 5.74) is 0.707. The van der Waals surface area contributed by atoms with E-state index in [0.717, 1.165) is 19.3 Å². The van der Waals surface area contributed by atoms with Gasteiger partial charge in [-0.1, -0.05) is 11.2 Å². The van der Waals surface area contributed by atoms with Crippen LogP contribution in [0.25, 0.3) is 11.6 Å². The Labute approximate surface area is 98.7 Å². The minimum Gasteiger partial charge on any atom is -0.332 e. The highest BCUT2D eigenvalue weighted by atomic mass is 35.5. The highest BCUT2D eigenvalue weighted by Gasteiger charge is 2.08.